The van der Waals surface area contributed by atoms with Crippen molar-refractivity contribution in [3.05, 3.63) is 54.1 Å². The van der Waals surface area contributed by atoms with Gasteiger partial charge in [-0.2, -0.15) is 0 Å². The van der Waals surface area contributed by atoms with Crippen LogP contribution in [0.3, 0.4) is 0 Å². The number of amides is 3. The first-order valence-corrected chi connectivity index (χ1v) is 10.2. The molecule has 152 valence electrons. The molecule has 1 saturated heterocycles. The van der Waals surface area contributed by atoms with Crippen LogP contribution in [0.1, 0.15) is 31.2 Å². The summed E-state index contributed by atoms with van der Waals surface area (Å²) in [6.07, 6.45) is 3.83. The van der Waals surface area contributed by atoms with Gasteiger partial charge in [0.25, 0.3) is 0 Å². The smallest absolute Gasteiger partial charge is 0.324 e. The fourth-order valence-electron chi connectivity index (χ4n) is 3.84. The maximum absolute atomic E-state index is 13.2. The minimum absolute atomic E-state index is 0.0244. The summed E-state index contributed by atoms with van der Waals surface area (Å²) in [6, 6.07) is 15.5. The molecule has 0 unspecified atom stereocenters. The number of hydrogen-bond acceptors (Lipinski definition) is 3. The highest BCUT2D eigenvalue weighted by atomic mass is 16.5. The van der Waals surface area contributed by atoms with Gasteiger partial charge in [-0.15, -0.1) is 0 Å². The lowest BCUT2D eigenvalue weighted by Gasteiger charge is -2.36. The van der Waals surface area contributed by atoms with Gasteiger partial charge in [0.2, 0.25) is 5.91 Å². The molecule has 0 spiro atoms. The maximum Gasteiger partial charge on any atom is 0.324 e. The van der Waals surface area contributed by atoms with Crippen LogP contribution in [0.15, 0.2) is 48.5 Å². The Morgan fingerprint density at radius 3 is 2.59 bits per heavy atom. The van der Waals surface area contributed by atoms with Crippen LogP contribution in [-0.4, -0.2) is 37.0 Å². The topological polar surface area (TPSA) is 61.9 Å². The average Bonchev–Trinajstić information content (AvgIpc) is 2.69. The molecule has 0 bridgehead atoms. The summed E-state index contributed by atoms with van der Waals surface area (Å²) in [5.74, 6) is 0.750. The fraction of sp³-hybridized carbons (Fsp3) is 0.391. The highest BCUT2D eigenvalue weighted by Crippen LogP contribution is 2.34. The summed E-state index contributed by atoms with van der Waals surface area (Å²) < 4.78 is 5.34. The van der Waals surface area contributed by atoms with Crippen molar-refractivity contribution in [2.24, 2.45) is 5.92 Å². The number of nitrogens with one attached hydrogen (secondary N) is 1. The number of nitrogens with zero attached hydrogens (tertiary/aromatic N) is 2. The number of anilines is 2. The van der Waals surface area contributed by atoms with Gasteiger partial charge in [0.05, 0.1) is 18.5 Å². The predicted molar refractivity (Wildman–Crippen MR) is 113 cm³/mol. The molecule has 1 aliphatic heterocycles. The van der Waals surface area contributed by atoms with Crippen molar-refractivity contribution in [1.82, 2.24) is 4.90 Å². The van der Waals surface area contributed by atoms with Gasteiger partial charge < -0.3 is 15.0 Å². The fourth-order valence-corrected chi connectivity index (χ4v) is 3.84. The zero-order chi connectivity index (χ0) is 20.2. The summed E-state index contributed by atoms with van der Waals surface area (Å²) in [5, 5.41) is 3.04. The molecule has 1 heterocycles. The monoisotopic (exact) mass is 393 g/mol. The van der Waals surface area contributed by atoms with Crippen LogP contribution in [-0.2, 0) is 11.3 Å². The highest BCUT2D eigenvalue weighted by Gasteiger charge is 2.30. The molecule has 0 aromatic heterocycles. The third kappa shape index (κ3) is 4.21. The van der Waals surface area contributed by atoms with Crippen LogP contribution in [0.25, 0.3) is 0 Å². The van der Waals surface area contributed by atoms with Crippen molar-refractivity contribution in [3.63, 3.8) is 0 Å². The van der Waals surface area contributed by atoms with Crippen LogP contribution in [0, 0.1) is 5.92 Å². The van der Waals surface area contributed by atoms with Crippen molar-refractivity contribution in [1.29, 1.82) is 0 Å². The second kappa shape index (κ2) is 8.55. The van der Waals surface area contributed by atoms with Crippen LogP contribution >= 0.6 is 0 Å². The van der Waals surface area contributed by atoms with Gasteiger partial charge in [-0.3, -0.25) is 9.69 Å². The lowest BCUT2D eigenvalue weighted by atomic mass is 9.85. The highest BCUT2D eigenvalue weighted by molar-refractivity contribution is 6.01. The molecule has 29 heavy (non-hydrogen) atoms. The van der Waals surface area contributed by atoms with Gasteiger partial charge in [-0.25, -0.2) is 4.79 Å². The molecule has 2 fully saturated rings. The average molecular weight is 393 g/mol. The predicted octanol–water partition coefficient (Wildman–Crippen LogP) is 4.27. The molecule has 0 atom stereocenters. The van der Waals surface area contributed by atoms with Crippen LogP contribution < -0.4 is 15.0 Å². The Morgan fingerprint density at radius 1 is 1.10 bits per heavy atom. The lowest BCUT2D eigenvalue weighted by molar-refractivity contribution is -0.122. The molecular weight excluding hydrogens is 366 g/mol. The number of methoxy groups -OCH3 is 1. The van der Waals surface area contributed by atoms with E-state index in [1.165, 1.54) is 0 Å². The number of carbonyl (C=O) groups excluding carboxylic acids is 2. The largest absolute Gasteiger partial charge is 0.497 e. The van der Waals surface area contributed by atoms with Crippen LogP contribution in [0.5, 0.6) is 5.75 Å². The van der Waals surface area contributed by atoms with E-state index in [1.54, 1.807) is 18.1 Å². The first-order valence-electron chi connectivity index (χ1n) is 10.2. The molecule has 2 aliphatic rings. The van der Waals surface area contributed by atoms with Crippen LogP contribution in [0.4, 0.5) is 16.2 Å². The number of ether oxygens (including phenoxy) is 1. The molecular formula is C23H27N3O3. The van der Waals surface area contributed by atoms with Gasteiger partial charge in [0.15, 0.2) is 0 Å². The molecule has 6 heteroatoms. The van der Waals surface area contributed by atoms with Gasteiger partial charge in [-0.1, -0.05) is 36.8 Å². The van der Waals surface area contributed by atoms with E-state index in [2.05, 4.69) is 5.32 Å². The zero-order valence-electron chi connectivity index (χ0n) is 16.8. The number of urea groups is 1. The first kappa shape index (κ1) is 19.3. The van der Waals surface area contributed by atoms with Gasteiger partial charge in [0, 0.05) is 31.6 Å². The van der Waals surface area contributed by atoms with E-state index in [9.17, 15) is 9.59 Å². The third-order valence-electron chi connectivity index (χ3n) is 5.76. The summed E-state index contributed by atoms with van der Waals surface area (Å²) in [6.45, 7) is 1.93. The molecule has 1 N–H and O–H groups in total. The number of hydrogen-bond donors (Lipinski definition) is 1. The standard InChI is InChI=1S/C23H27N3O3/c1-29-19-11-12-21(20(15-19)24-22(27)18-9-5-10-18)26-14-6-13-25(23(26)28)16-17-7-3-2-4-8-17/h2-4,7-8,11-12,15,18H,5-6,9-10,13-14,16H2,1H3,(H,24,27). The zero-order valence-corrected chi connectivity index (χ0v) is 16.8. The van der Waals surface area contributed by atoms with Gasteiger partial charge in [-0.05, 0) is 37.0 Å². The van der Waals surface area contributed by atoms with Crippen molar-refractivity contribution >= 4 is 23.3 Å². The summed E-state index contributed by atoms with van der Waals surface area (Å²) in [5.41, 5.74) is 2.47. The molecule has 2 aromatic rings. The quantitative estimate of drug-likeness (QED) is 0.797. The van der Waals surface area contributed by atoms with Crippen molar-refractivity contribution in [2.75, 3.05) is 30.4 Å². The Kier molecular flexibility index (Phi) is 5.69. The Balaban J connectivity index is 1.57. The molecule has 1 saturated carbocycles. The maximum atomic E-state index is 13.2. The second-order valence-corrected chi connectivity index (χ2v) is 7.70. The van der Waals surface area contributed by atoms with Crippen molar-refractivity contribution < 1.29 is 14.3 Å². The lowest BCUT2D eigenvalue weighted by Crippen LogP contribution is -2.49. The minimum Gasteiger partial charge on any atom is -0.497 e. The molecule has 6 nitrogen and oxygen atoms in total. The third-order valence-corrected chi connectivity index (χ3v) is 5.76. The summed E-state index contributed by atoms with van der Waals surface area (Å²) >= 11 is 0. The first-order chi connectivity index (χ1) is 14.2. The van der Waals surface area contributed by atoms with E-state index < -0.39 is 0 Å². The van der Waals surface area contributed by atoms with E-state index >= 15 is 0 Å². The molecule has 0 radical (unpaired) electrons. The normalized spacial score (nSPS) is 17.1. The number of carbonyl (C=O) groups is 2. The SMILES string of the molecule is COc1ccc(N2CCCN(Cc3ccccc3)C2=O)c(NC(=O)C2CCC2)c1. The van der Waals surface area contributed by atoms with Gasteiger partial charge in [0.1, 0.15) is 5.75 Å². The Bertz CT molecular complexity index is 880. The van der Waals surface area contributed by atoms with Gasteiger partial charge >= 0.3 is 6.03 Å². The second-order valence-electron chi connectivity index (χ2n) is 7.70. The minimum atomic E-state index is -0.0376. The van der Waals surface area contributed by atoms with E-state index in [0.717, 1.165) is 43.5 Å². The van der Waals surface area contributed by atoms with Crippen LogP contribution in [0.2, 0.25) is 0 Å². The van der Waals surface area contributed by atoms with Crippen molar-refractivity contribution in [2.45, 2.75) is 32.2 Å². The Labute approximate surface area is 171 Å². The molecule has 1 aliphatic carbocycles. The van der Waals surface area contributed by atoms with E-state index in [1.807, 2.05) is 47.4 Å². The molecule has 2 aromatic carbocycles. The van der Waals surface area contributed by atoms with E-state index in [0.29, 0.717) is 24.5 Å². The molecule has 3 amide bonds. The van der Waals surface area contributed by atoms with E-state index in [4.69, 9.17) is 4.74 Å². The number of benzene rings is 2. The number of rotatable bonds is 6. The summed E-state index contributed by atoms with van der Waals surface area (Å²) in [4.78, 5) is 29.4. The summed E-state index contributed by atoms with van der Waals surface area (Å²) in [7, 11) is 1.60. The van der Waals surface area contributed by atoms with E-state index in [-0.39, 0.29) is 17.9 Å². The Hall–Kier alpha value is -3.02. The molecule has 4 rings (SSSR count). The van der Waals surface area contributed by atoms with Crippen molar-refractivity contribution in [3.8, 4) is 5.75 Å². The Morgan fingerprint density at radius 2 is 1.90 bits per heavy atom.